The molecule has 9 rings (SSSR count). The molecule has 0 aliphatic heterocycles. The van der Waals surface area contributed by atoms with E-state index in [2.05, 4.69) is 150 Å². The molecule has 0 radical (unpaired) electrons. The van der Waals surface area contributed by atoms with Gasteiger partial charge in [-0.25, -0.2) is 0 Å². The fraction of sp³-hybridized carbons (Fsp3) is 0.122. The number of hydrogen-bond acceptors (Lipinski definition) is 1. The van der Waals surface area contributed by atoms with Crippen LogP contribution in [0.15, 0.2) is 133 Å². The molecule has 3 heteroatoms. The molecule has 0 unspecified atom stereocenters. The molecular weight excluding hydrogens is 536 g/mol. The number of rotatable bonds is 5. The molecule has 8 aromatic rings. The zero-order valence-electron chi connectivity index (χ0n) is 24.7. The zero-order valence-corrected chi connectivity index (χ0v) is 24.7. The Morgan fingerprint density at radius 3 is 1.23 bits per heavy atom. The lowest BCUT2D eigenvalue weighted by Crippen LogP contribution is -2.21. The minimum atomic E-state index is -0.239. The Hall–Kier alpha value is -5.12. The Kier molecular flexibility index (Phi) is 5.45. The normalized spacial score (nSPS) is 13.7. The monoisotopic (exact) mass is 568 g/mol. The third-order valence-electron chi connectivity index (χ3n) is 10.00. The summed E-state index contributed by atoms with van der Waals surface area (Å²) < 4.78 is 4.81. The van der Waals surface area contributed by atoms with E-state index in [0.29, 0.717) is 0 Å². The Morgan fingerprint density at radius 2 is 0.864 bits per heavy atom. The summed E-state index contributed by atoms with van der Waals surface area (Å²) in [5, 5.41) is 15.1. The molecular formula is C41H32N2O. The largest absolute Gasteiger partial charge is 0.396 e. The third kappa shape index (κ3) is 3.42. The minimum absolute atomic E-state index is 0.180. The third-order valence-corrected chi connectivity index (χ3v) is 10.00. The summed E-state index contributed by atoms with van der Waals surface area (Å²) in [6.45, 7) is 2.55. The molecule has 0 saturated carbocycles. The van der Waals surface area contributed by atoms with Crippen molar-refractivity contribution in [1.82, 2.24) is 9.13 Å². The average molecular weight is 569 g/mol. The molecule has 1 N–H and O–H groups in total. The summed E-state index contributed by atoms with van der Waals surface area (Å²) in [4.78, 5) is 0. The molecule has 2 aromatic heterocycles. The molecule has 0 bridgehead atoms. The van der Waals surface area contributed by atoms with Crippen molar-refractivity contribution in [3.8, 4) is 22.5 Å². The second-order valence-corrected chi connectivity index (χ2v) is 12.4. The number of fused-ring (bicyclic) bond motifs is 9. The van der Waals surface area contributed by atoms with Crippen LogP contribution in [-0.2, 0) is 5.41 Å². The standard InChI is InChI=1S/C41H32N2O/c1-41(23-10-24-44)35-25-27(42-37-15-6-2-11-31(37)32-12-3-7-16-38(32)42)19-21-29(35)30-22-20-28(26-36(30)41)43-39-17-8-4-13-33(39)34-14-5-9-18-40(34)43/h2-9,11-22,25-26,44H,10,23-24H2,1H3. The quantitative estimate of drug-likeness (QED) is 0.220. The van der Waals surface area contributed by atoms with E-state index in [0.717, 1.165) is 12.8 Å². The van der Waals surface area contributed by atoms with Crippen LogP contribution in [0.2, 0.25) is 0 Å². The number of para-hydroxylation sites is 4. The van der Waals surface area contributed by atoms with Crippen molar-refractivity contribution in [1.29, 1.82) is 0 Å². The van der Waals surface area contributed by atoms with Crippen LogP contribution in [-0.4, -0.2) is 20.8 Å². The molecule has 0 atom stereocenters. The van der Waals surface area contributed by atoms with Crippen molar-refractivity contribution in [2.45, 2.75) is 25.2 Å². The van der Waals surface area contributed by atoms with Crippen molar-refractivity contribution >= 4 is 43.6 Å². The van der Waals surface area contributed by atoms with Crippen molar-refractivity contribution in [2.75, 3.05) is 6.61 Å². The fourth-order valence-electron chi connectivity index (χ4n) is 7.97. The van der Waals surface area contributed by atoms with E-state index in [1.54, 1.807) is 0 Å². The summed E-state index contributed by atoms with van der Waals surface area (Å²) in [6, 6.07) is 48.8. The number of aliphatic hydroxyl groups excluding tert-OH is 1. The molecule has 1 aliphatic rings. The second-order valence-electron chi connectivity index (χ2n) is 12.4. The van der Waals surface area contributed by atoms with Crippen LogP contribution < -0.4 is 0 Å². The minimum Gasteiger partial charge on any atom is -0.396 e. The van der Waals surface area contributed by atoms with Gasteiger partial charge >= 0.3 is 0 Å². The first-order valence-electron chi connectivity index (χ1n) is 15.5. The lowest BCUT2D eigenvalue weighted by molar-refractivity contribution is 0.273. The average Bonchev–Trinajstić information content (AvgIpc) is 3.68. The summed E-state index contributed by atoms with van der Waals surface area (Å²) in [6.07, 6.45) is 1.62. The van der Waals surface area contributed by atoms with Gasteiger partial charge in [0, 0.05) is 44.9 Å². The van der Waals surface area contributed by atoms with E-state index in [1.165, 1.54) is 77.2 Å². The van der Waals surface area contributed by atoms with Gasteiger partial charge in [0.25, 0.3) is 0 Å². The highest BCUT2D eigenvalue weighted by Gasteiger charge is 2.39. The number of aromatic nitrogens is 2. The first kappa shape index (κ1) is 25.4. The van der Waals surface area contributed by atoms with Gasteiger partial charge in [0.1, 0.15) is 0 Å². The van der Waals surface area contributed by atoms with Crippen LogP contribution in [0.25, 0.3) is 66.1 Å². The first-order valence-corrected chi connectivity index (χ1v) is 15.5. The smallest absolute Gasteiger partial charge is 0.0541 e. The molecule has 0 saturated heterocycles. The Bertz CT molecular complexity index is 2140. The van der Waals surface area contributed by atoms with Crippen molar-refractivity contribution in [3.63, 3.8) is 0 Å². The van der Waals surface area contributed by atoms with Gasteiger partial charge in [-0.05, 0) is 83.6 Å². The predicted molar refractivity (Wildman–Crippen MR) is 183 cm³/mol. The summed E-state index contributed by atoms with van der Waals surface area (Å²) in [7, 11) is 0. The van der Waals surface area contributed by atoms with Crippen molar-refractivity contribution in [2.24, 2.45) is 0 Å². The van der Waals surface area contributed by atoms with Gasteiger partial charge in [-0.3, -0.25) is 0 Å². The van der Waals surface area contributed by atoms with Crippen LogP contribution in [0.5, 0.6) is 0 Å². The summed E-state index contributed by atoms with van der Waals surface area (Å²) in [5.74, 6) is 0. The van der Waals surface area contributed by atoms with Crippen LogP contribution in [0.4, 0.5) is 0 Å². The molecule has 3 nitrogen and oxygen atoms in total. The fourth-order valence-corrected chi connectivity index (χ4v) is 7.97. The number of hydrogen-bond donors (Lipinski definition) is 1. The van der Waals surface area contributed by atoms with E-state index in [-0.39, 0.29) is 12.0 Å². The Labute approximate surface area is 256 Å². The lowest BCUT2D eigenvalue weighted by atomic mass is 9.76. The van der Waals surface area contributed by atoms with Crippen molar-refractivity contribution in [3.05, 3.63) is 145 Å². The highest BCUT2D eigenvalue weighted by atomic mass is 16.2. The Morgan fingerprint density at radius 1 is 0.500 bits per heavy atom. The van der Waals surface area contributed by atoms with E-state index in [4.69, 9.17) is 0 Å². The maximum Gasteiger partial charge on any atom is 0.0541 e. The zero-order chi connectivity index (χ0) is 29.4. The molecule has 2 heterocycles. The van der Waals surface area contributed by atoms with Crippen LogP contribution >= 0.6 is 0 Å². The van der Waals surface area contributed by atoms with Crippen LogP contribution in [0, 0.1) is 0 Å². The summed E-state index contributed by atoms with van der Waals surface area (Å²) >= 11 is 0. The topological polar surface area (TPSA) is 30.1 Å². The lowest BCUT2D eigenvalue weighted by Gasteiger charge is -2.28. The molecule has 212 valence electrons. The van der Waals surface area contributed by atoms with Gasteiger partial charge in [0.05, 0.1) is 22.1 Å². The first-order chi connectivity index (χ1) is 21.7. The molecule has 0 spiro atoms. The van der Waals surface area contributed by atoms with E-state index >= 15 is 0 Å². The van der Waals surface area contributed by atoms with E-state index in [9.17, 15) is 5.11 Å². The van der Waals surface area contributed by atoms with Gasteiger partial charge in [-0.2, -0.15) is 0 Å². The van der Waals surface area contributed by atoms with Gasteiger partial charge in [0.15, 0.2) is 0 Å². The number of aliphatic hydroxyl groups is 1. The van der Waals surface area contributed by atoms with Gasteiger partial charge in [-0.15, -0.1) is 0 Å². The highest BCUT2D eigenvalue weighted by Crippen LogP contribution is 2.53. The molecule has 0 fully saturated rings. The maximum atomic E-state index is 10.0. The van der Waals surface area contributed by atoms with Gasteiger partial charge in [-0.1, -0.05) is 91.9 Å². The highest BCUT2D eigenvalue weighted by molar-refractivity contribution is 6.10. The van der Waals surface area contributed by atoms with Crippen LogP contribution in [0.1, 0.15) is 30.9 Å². The second kappa shape index (κ2) is 9.44. The van der Waals surface area contributed by atoms with Gasteiger partial charge < -0.3 is 14.2 Å². The molecule has 44 heavy (non-hydrogen) atoms. The van der Waals surface area contributed by atoms with E-state index in [1.807, 2.05) is 0 Å². The van der Waals surface area contributed by atoms with Crippen LogP contribution in [0.3, 0.4) is 0 Å². The number of nitrogens with zero attached hydrogens (tertiary/aromatic N) is 2. The van der Waals surface area contributed by atoms with Gasteiger partial charge in [0.2, 0.25) is 0 Å². The SMILES string of the molecule is CC1(CCCO)c2cc(-n3c4ccccc4c4ccccc43)ccc2-c2ccc(-n3c4ccccc4c4ccccc43)cc21. The molecule has 0 amide bonds. The Balaban J connectivity index is 1.27. The maximum absolute atomic E-state index is 10.0. The van der Waals surface area contributed by atoms with Crippen molar-refractivity contribution < 1.29 is 5.11 Å². The summed E-state index contributed by atoms with van der Waals surface area (Å²) in [5.41, 5.74) is 12.2. The molecule has 6 aromatic carbocycles. The van der Waals surface area contributed by atoms with E-state index < -0.39 is 0 Å². The molecule has 1 aliphatic carbocycles. The number of benzene rings is 6. The predicted octanol–water partition coefficient (Wildman–Crippen LogP) is 9.94.